The van der Waals surface area contributed by atoms with E-state index in [-0.39, 0.29) is 41.6 Å². The number of alkyl halides is 2. The molecule has 12 heteroatoms. The van der Waals surface area contributed by atoms with Gasteiger partial charge in [0.05, 0.1) is 17.1 Å². The number of rotatable bonds is 6. The van der Waals surface area contributed by atoms with Gasteiger partial charge in [0.25, 0.3) is 0 Å². The van der Waals surface area contributed by atoms with Crippen molar-refractivity contribution in [3.05, 3.63) is 28.3 Å². The van der Waals surface area contributed by atoms with E-state index in [1.807, 2.05) is 0 Å². The zero-order valence-corrected chi connectivity index (χ0v) is 17.4. The van der Waals surface area contributed by atoms with Crippen molar-refractivity contribution in [3.63, 3.8) is 0 Å². The van der Waals surface area contributed by atoms with Crippen molar-refractivity contribution < 1.29 is 37.3 Å². The fraction of sp³-hybridized carbons (Fsp3) is 0.524. The van der Waals surface area contributed by atoms with Gasteiger partial charge in [0.1, 0.15) is 11.3 Å². The zero-order valence-electron chi connectivity index (χ0n) is 17.4. The van der Waals surface area contributed by atoms with E-state index in [2.05, 4.69) is 4.74 Å². The predicted molar refractivity (Wildman–Crippen MR) is 110 cm³/mol. The van der Waals surface area contributed by atoms with Crippen LogP contribution in [0.1, 0.15) is 25.3 Å². The number of carboxylic acid groups (broad SMARTS) is 1. The van der Waals surface area contributed by atoms with E-state index >= 15 is 4.39 Å². The third-order valence-electron chi connectivity index (χ3n) is 6.67. The minimum Gasteiger partial charge on any atom is -0.449 e. The average molecular weight is 469 g/mol. The number of halogens is 3. The zero-order chi connectivity index (χ0) is 23.5. The van der Waals surface area contributed by atoms with Gasteiger partial charge in [-0.1, -0.05) is 0 Å². The van der Waals surface area contributed by atoms with Gasteiger partial charge in [-0.25, -0.2) is 9.18 Å². The lowest BCUT2D eigenvalue weighted by atomic mass is 9.91. The molecule has 1 aromatic carbocycles. The van der Waals surface area contributed by atoms with E-state index in [1.54, 1.807) is 4.90 Å². The van der Waals surface area contributed by atoms with Crippen molar-refractivity contribution in [2.75, 3.05) is 31.1 Å². The van der Waals surface area contributed by atoms with Crippen molar-refractivity contribution in [2.24, 2.45) is 11.7 Å². The van der Waals surface area contributed by atoms with Crippen molar-refractivity contribution in [2.45, 2.75) is 37.5 Å². The van der Waals surface area contributed by atoms with Gasteiger partial charge in [-0.05, 0) is 25.3 Å². The number of carbonyl (C=O) groups is 1. The Bertz CT molecular complexity index is 1180. The van der Waals surface area contributed by atoms with Crippen LogP contribution in [0.5, 0.6) is 11.5 Å². The second-order valence-electron chi connectivity index (χ2n) is 8.62. The fourth-order valence-electron chi connectivity index (χ4n) is 5.05. The first-order valence-corrected chi connectivity index (χ1v) is 10.6. The summed E-state index contributed by atoms with van der Waals surface area (Å²) in [4.78, 5) is 25.5. The molecule has 3 aliphatic rings. The molecule has 0 amide bonds. The Balaban J connectivity index is 1.74. The maximum Gasteiger partial charge on any atom is 0.511 e. The highest BCUT2D eigenvalue weighted by Gasteiger charge is 2.51. The van der Waals surface area contributed by atoms with Crippen molar-refractivity contribution >= 4 is 22.7 Å². The van der Waals surface area contributed by atoms with Crippen LogP contribution in [0, 0.1) is 11.7 Å². The first kappa shape index (κ1) is 21.8. The number of ether oxygens (including phenoxy) is 3. The van der Waals surface area contributed by atoms with E-state index in [4.69, 9.17) is 20.3 Å². The minimum absolute atomic E-state index is 0.00559. The highest BCUT2D eigenvalue weighted by atomic mass is 19.3. The van der Waals surface area contributed by atoms with Crippen LogP contribution < -0.4 is 25.5 Å². The molecule has 3 heterocycles. The van der Waals surface area contributed by atoms with Gasteiger partial charge in [0.15, 0.2) is 17.3 Å². The molecule has 0 radical (unpaired) electrons. The predicted octanol–water partition coefficient (Wildman–Crippen LogP) is 2.69. The number of nitrogens with zero attached hydrogens (tertiary/aromatic N) is 2. The number of nitrogens with two attached hydrogens (primary N) is 1. The summed E-state index contributed by atoms with van der Waals surface area (Å²) in [5.41, 5.74) is 4.07. The first-order chi connectivity index (χ1) is 15.7. The van der Waals surface area contributed by atoms with Crippen LogP contribution in [0.4, 0.5) is 23.7 Å². The highest BCUT2D eigenvalue weighted by molar-refractivity contribution is 5.92. The molecule has 1 aliphatic carbocycles. The molecule has 2 saturated heterocycles. The monoisotopic (exact) mass is 469 g/mol. The molecule has 0 bridgehead atoms. The lowest BCUT2D eigenvalue weighted by molar-refractivity contribution is -0.0488. The molecule has 1 aromatic heterocycles. The van der Waals surface area contributed by atoms with Gasteiger partial charge in [0.2, 0.25) is 5.43 Å². The van der Waals surface area contributed by atoms with Crippen molar-refractivity contribution in [3.8, 4) is 11.5 Å². The Labute approximate surface area is 185 Å². The van der Waals surface area contributed by atoms with E-state index in [0.29, 0.717) is 32.4 Å². The van der Waals surface area contributed by atoms with E-state index < -0.39 is 41.1 Å². The smallest absolute Gasteiger partial charge is 0.449 e. The molecule has 2 atom stereocenters. The molecule has 33 heavy (non-hydrogen) atoms. The first-order valence-electron chi connectivity index (χ1n) is 10.6. The van der Waals surface area contributed by atoms with Gasteiger partial charge in [-0.3, -0.25) is 4.79 Å². The SMILES string of the molecule is NCC12CN(c3c(F)cc4c(=O)c(OC(=O)O)cn(C5CC5)c4c3OC(F)F)C[C@@H]1CCO2. The van der Waals surface area contributed by atoms with E-state index in [0.717, 1.165) is 12.3 Å². The van der Waals surface area contributed by atoms with Crippen LogP contribution in [0.3, 0.4) is 0 Å². The molecule has 9 nitrogen and oxygen atoms in total. The number of fused-ring (bicyclic) bond motifs is 2. The molecule has 3 fully saturated rings. The second-order valence-corrected chi connectivity index (χ2v) is 8.62. The molecule has 2 aliphatic heterocycles. The fourth-order valence-corrected chi connectivity index (χ4v) is 5.05. The third kappa shape index (κ3) is 3.57. The normalized spacial score (nSPS) is 24.5. The number of anilines is 1. The second kappa shape index (κ2) is 7.80. The van der Waals surface area contributed by atoms with Crippen LogP contribution >= 0.6 is 0 Å². The summed E-state index contributed by atoms with van der Waals surface area (Å²) in [6, 6.07) is 0.725. The molecular formula is C21H22F3N3O6. The number of hydrogen-bond acceptors (Lipinski definition) is 7. The molecule has 5 rings (SSSR count). The van der Waals surface area contributed by atoms with Gasteiger partial charge in [-0.2, -0.15) is 8.78 Å². The van der Waals surface area contributed by atoms with Gasteiger partial charge in [0, 0.05) is 38.2 Å². The number of benzene rings is 1. The molecule has 3 N–H and O–H groups in total. The Morgan fingerprint density at radius 1 is 1.36 bits per heavy atom. The summed E-state index contributed by atoms with van der Waals surface area (Å²) < 4.78 is 59.2. The summed E-state index contributed by atoms with van der Waals surface area (Å²) in [5.74, 6) is -1.97. The maximum atomic E-state index is 15.5. The summed E-state index contributed by atoms with van der Waals surface area (Å²) in [6.07, 6.45) is 1.48. The Kier molecular flexibility index (Phi) is 5.16. The van der Waals surface area contributed by atoms with Crippen LogP contribution in [-0.4, -0.2) is 54.3 Å². The van der Waals surface area contributed by atoms with Gasteiger partial charge < -0.3 is 34.5 Å². The van der Waals surface area contributed by atoms with Crippen LogP contribution in [0.15, 0.2) is 17.1 Å². The van der Waals surface area contributed by atoms with Crippen LogP contribution in [0.2, 0.25) is 0 Å². The maximum absolute atomic E-state index is 15.5. The molecule has 2 aromatic rings. The highest BCUT2D eigenvalue weighted by Crippen LogP contribution is 2.48. The molecular weight excluding hydrogens is 447 g/mol. The summed E-state index contributed by atoms with van der Waals surface area (Å²) >= 11 is 0. The van der Waals surface area contributed by atoms with Gasteiger partial charge >= 0.3 is 12.8 Å². The average Bonchev–Trinajstić information content (AvgIpc) is 3.41. The third-order valence-corrected chi connectivity index (χ3v) is 6.67. The van der Waals surface area contributed by atoms with E-state index in [1.165, 1.54) is 4.57 Å². The largest absolute Gasteiger partial charge is 0.511 e. The molecule has 178 valence electrons. The number of aromatic nitrogens is 1. The van der Waals surface area contributed by atoms with Crippen LogP contribution in [0.25, 0.3) is 10.9 Å². The van der Waals surface area contributed by atoms with Crippen molar-refractivity contribution in [1.29, 1.82) is 0 Å². The number of pyridine rings is 1. The Morgan fingerprint density at radius 3 is 2.73 bits per heavy atom. The standard InChI is InChI=1S/C21H22F3N3O6/c22-13-5-12-15(27(11-1-2-11)7-14(17(12)28)32-20(29)30)18(33-19(23)24)16(13)26-6-10-3-4-31-21(10,8-25)9-26/h5,7,10-11,19H,1-4,6,8-9,25H2,(H,29,30)/t10-,21?/m0/s1. The quantitative estimate of drug-likeness (QED) is 0.621. The van der Waals surface area contributed by atoms with Crippen LogP contribution in [-0.2, 0) is 4.74 Å². The minimum atomic E-state index is -3.28. The lowest BCUT2D eigenvalue weighted by Crippen LogP contribution is -2.44. The van der Waals surface area contributed by atoms with Gasteiger partial charge in [-0.15, -0.1) is 0 Å². The molecule has 0 spiro atoms. The summed E-state index contributed by atoms with van der Waals surface area (Å²) in [7, 11) is 0. The van der Waals surface area contributed by atoms with Crippen molar-refractivity contribution in [1.82, 2.24) is 4.57 Å². The molecule has 1 unspecified atom stereocenters. The van der Waals surface area contributed by atoms with E-state index in [9.17, 15) is 18.4 Å². The Morgan fingerprint density at radius 2 is 2.12 bits per heavy atom. The summed E-state index contributed by atoms with van der Waals surface area (Å²) in [6.45, 7) is -2.06. The Hall–Kier alpha value is -2.99. The lowest BCUT2D eigenvalue weighted by Gasteiger charge is -2.28. The molecule has 1 saturated carbocycles. The summed E-state index contributed by atoms with van der Waals surface area (Å²) in [5, 5.41) is 8.65. The topological polar surface area (TPSA) is 116 Å². The number of hydrogen-bond donors (Lipinski definition) is 2.